The molecule has 0 radical (unpaired) electrons. The molecule has 110 valence electrons. The van der Waals surface area contributed by atoms with Crippen LogP contribution in [-0.4, -0.2) is 11.1 Å². The van der Waals surface area contributed by atoms with E-state index >= 15 is 0 Å². The SMILES string of the molecule is Cc1cccc2c(=O)c(C(=O)O)c(-c3cccc(F)c3)oc12. The second-order valence-corrected chi connectivity index (χ2v) is 4.90. The third kappa shape index (κ3) is 2.16. The zero-order valence-corrected chi connectivity index (χ0v) is 11.6. The number of aromatic carboxylic acids is 1. The van der Waals surface area contributed by atoms with E-state index in [0.717, 1.165) is 6.07 Å². The van der Waals surface area contributed by atoms with Gasteiger partial charge in [0.2, 0.25) is 5.43 Å². The van der Waals surface area contributed by atoms with Gasteiger partial charge in [0.05, 0.1) is 5.39 Å². The van der Waals surface area contributed by atoms with Crippen molar-refractivity contribution in [3.8, 4) is 11.3 Å². The van der Waals surface area contributed by atoms with E-state index in [9.17, 15) is 19.1 Å². The Labute approximate surface area is 124 Å². The Balaban J connectivity index is 2.48. The molecule has 0 bridgehead atoms. The summed E-state index contributed by atoms with van der Waals surface area (Å²) in [5.74, 6) is -2.09. The maximum absolute atomic E-state index is 13.4. The minimum Gasteiger partial charge on any atom is -0.477 e. The van der Waals surface area contributed by atoms with Crippen molar-refractivity contribution in [2.45, 2.75) is 6.92 Å². The van der Waals surface area contributed by atoms with Crippen LogP contribution in [0, 0.1) is 12.7 Å². The van der Waals surface area contributed by atoms with Crippen LogP contribution in [0.15, 0.2) is 51.7 Å². The minimum absolute atomic E-state index is 0.140. The van der Waals surface area contributed by atoms with Gasteiger partial charge in [0.1, 0.15) is 11.4 Å². The lowest BCUT2D eigenvalue weighted by Gasteiger charge is -2.09. The number of halogens is 1. The fraction of sp³-hybridized carbons (Fsp3) is 0.0588. The summed E-state index contributed by atoms with van der Waals surface area (Å²) >= 11 is 0. The summed E-state index contributed by atoms with van der Waals surface area (Å²) < 4.78 is 19.1. The second-order valence-electron chi connectivity index (χ2n) is 4.90. The first kappa shape index (κ1) is 14.0. The number of para-hydroxylation sites is 1. The molecule has 2 aromatic carbocycles. The molecule has 0 spiro atoms. The quantitative estimate of drug-likeness (QED) is 0.785. The van der Waals surface area contributed by atoms with Crippen molar-refractivity contribution in [2.75, 3.05) is 0 Å². The number of benzene rings is 2. The summed E-state index contributed by atoms with van der Waals surface area (Å²) in [6.45, 7) is 1.75. The van der Waals surface area contributed by atoms with Gasteiger partial charge in [-0.05, 0) is 30.7 Å². The first-order valence-corrected chi connectivity index (χ1v) is 6.54. The molecule has 1 aromatic heterocycles. The zero-order valence-electron chi connectivity index (χ0n) is 11.6. The molecule has 0 aliphatic carbocycles. The molecule has 0 fully saturated rings. The van der Waals surface area contributed by atoms with Gasteiger partial charge in [-0.25, -0.2) is 9.18 Å². The summed E-state index contributed by atoms with van der Waals surface area (Å²) in [5.41, 5.74) is 0.0704. The van der Waals surface area contributed by atoms with E-state index in [4.69, 9.17) is 4.42 Å². The molecule has 0 aliphatic heterocycles. The maximum atomic E-state index is 13.4. The predicted octanol–water partition coefficient (Wildman–Crippen LogP) is 3.61. The van der Waals surface area contributed by atoms with Crippen LogP contribution in [0.2, 0.25) is 0 Å². The van der Waals surface area contributed by atoms with Gasteiger partial charge in [0, 0.05) is 5.56 Å². The lowest BCUT2D eigenvalue weighted by atomic mass is 10.0. The first-order valence-electron chi connectivity index (χ1n) is 6.54. The van der Waals surface area contributed by atoms with Crippen LogP contribution in [0.3, 0.4) is 0 Å². The number of fused-ring (bicyclic) bond motifs is 1. The normalized spacial score (nSPS) is 10.8. The van der Waals surface area contributed by atoms with E-state index in [2.05, 4.69) is 0 Å². The van der Waals surface area contributed by atoms with Crippen LogP contribution in [0.1, 0.15) is 15.9 Å². The van der Waals surface area contributed by atoms with Gasteiger partial charge < -0.3 is 9.52 Å². The van der Waals surface area contributed by atoms with Crippen molar-refractivity contribution in [1.82, 2.24) is 0 Å². The molecular weight excluding hydrogens is 287 g/mol. The molecule has 0 unspecified atom stereocenters. The molecule has 22 heavy (non-hydrogen) atoms. The summed E-state index contributed by atoms with van der Waals surface area (Å²) in [5, 5.41) is 9.54. The van der Waals surface area contributed by atoms with E-state index in [0.29, 0.717) is 11.1 Å². The van der Waals surface area contributed by atoms with Gasteiger partial charge in [-0.15, -0.1) is 0 Å². The van der Waals surface area contributed by atoms with E-state index in [1.54, 1.807) is 19.1 Å². The molecule has 1 heterocycles. The topological polar surface area (TPSA) is 67.5 Å². The summed E-state index contributed by atoms with van der Waals surface area (Å²) in [6, 6.07) is 10.2. The molecule has 5 heteroatoms. The van der Waals surface area contributed by atoms with Gasteiger partial charge in [0.15, 0.2) is 11.3 Å². The molecule has 3 rings (SSSR count). The number of hydrogen-bond donors (Lipinski definition) is 1. The van der Waals surface area contributed by atoms with Gasteiger partial charge in [-0.3, -0.25) is 4.79 Å². The summed E-state index contributed by atoms with van der Waals surface area (Å²) in [7, 11) is 0. The standard InChI is InChI=1S/C17H11FO4/c1-9-4-2-7-12-14(19)13(17(20)21)16(22-15(9)12)10-5-3-6-11(18)8-10/h2-8H,1H3,(H,20,21). The van der Waals surface area contributed by atoms with Crippen LogP contribution in [0.25, 0.3) is 22.3 Å². The zero-order chi connectivity index (χ0) is 15.9. The average molecular weight is 298 g/mol. The Kier molecular flexibility index (Phi) is 3.25. The maximum Gasteiger partial charge on any atom is 0.343 e. The van der Waals surface area contributed by atoms with Crippen LogP contribution < -0.4 is 5.43 Å². The largest absolute Gasteiger partial charge is 0.477 e. The lowest BCUT2D eigenvalue weighted by molar-refractivity contribution is 0.0694. The summed E-state index contributed by atoms with van der Waals surface area (Å²) in [4.78, 5) is 23.9. The van der Waals surface area contributed by atoms with E-state index in [1.165, 1.54) is 24.3 Å². The number of rotatable bonds is 2. The third-order valence-electron chi connectivity index (χ3n) is 3.42. The number of aryl methyl sites for hydroxylation is 1. The molecule has 0 saturated heterocycles. The van der Waals surface area contributed by atoms with E-state index in [-0.39, 0.29) is 16.7 Å². The van der Waals surface area contributed by atoms with Crippen LogP contribution in [0.4, 0.5) is 4.39 Å². The molecule has 3 aromatic rings. The van der Waals surface area contributed by atoms with E-state index < -0.39 is 22.8 Å². The fourth-order valence-corrected chi connectivity index (χ4v) is 2.38. The number of carbonyl (C=O) groups is 1. The number of carboxylic acid groups (broad SMARTS) is 1. The van der Waals surface area contributed by atoms with Gasteiger partial charge >= 0.3 is 5.97 Å². The smallest absolute Gasteiger partial charge is 0.343 e. The van der Waals surface area contributed by atoms with Crippen molar-refractivity contribution in [1.29, 1.82) is 0 Å². The highest BCUT2D eigenvalue weighted by atomic mass is 19.1. The molecule has 4 nitrogen and oxygen atoms in total. The Morgan fingerprint density at radius 3 is 2.59 bits per heavy atom. The molecule has 0 atom stereocenters. The van der Waals surface area contributed by atoms with Crippen LogP contribution in [-0.2, 0) is 0 Å². The lowest BCUT2D eigenvalue weighted by Crippen LogP contribution is -2.16. The second kappa shape index (κ2) is 5.11. The number of carboxylic acids is 1. The van der Waals surface area contributed by atoms with Crippen LogP contribution >= 0.6 is 0 Å². The minimum atomic E-state index is -1.41. The van der Waals surface area contributed by atoms with Gasteiger partial charge in [-0.2, -0.15) is 0 Å². The Hall–Kier alpha value is -2.95. The number of hydrogen-bond acceptors (Lipinski definition) is 3. The highest BCUT2D eigenvalue weighted by molar-refractivity contribution is 5.98. The Morgan fingerprint density at radius 1 is 1.18 bits per heavy atom. The highest BCUT2D eigenvalue weighted by Gasteiger charge is 2.22. The molecule has 1 N–H and O–H groups in total. The highest BCUT2D eigenvalue weighted by Crippen LogP contribution is 2.28. The van der Waals surface area contributed by atoms with Gasteiger partial charge in [0.25, 0.3) is 0 Å². The van der Waals surface area contributed by atoms with Gasteiger partial charge in [-0.1, -0.05) is 24.3 Å². The van der Waals surface area contributed by atoms with E-state index in [1.807, 2.05) is 0 Å². The molecule has 0 amide bonds. The summed E-state index contributed by atoms with van der Waals surface area (Å²) in [6.07, 6.45) is 0. The Bertz CT molecular complexity index is 957. The Morgan fingerprint density at radius 2 is 1.91 bits per heavy atom. The first-order chi connectivity index (χ1) is 10.5. The molecule has 0 aliphatic rings. The van der Waals surface area contributed by atoms with Crippen molar-refractivity contribution in [3.05, 3.63) is 69.6 Å². The third-order valence-corrected chi connectivity index (χ3v) is 3.42. The molecule has 0 saturated carbocycles. The van der Waals surface area contributed by atoms with Crippen molar-refractivity contribution in [2.24, 2.45) is 0 Å². The molecular formula is C17H11FO4. The van der Waals surface area contributed by atoms with Crippen LogP contribution in [0.5, 0.6) is 0 Å². The van der Waals surface area contributed by atoms with Crippen molar-refractivity contribution in [3.63, 3.8) is 0 Å². The van der Waals surface area contributed by atoms with Crippen molar-refractivity contribution < 1.29 is 18.7 Å². The monoisotopic (exact) mass is 298 g/mol. The predicted molar refractivity (Wildman–Crippen MR) is 79.6 cm³/mol. The fourth-order valence-electron chi connectivity index (χ4n) is 2.38. The van der Waals surface area contributed by atoms with Crippen molar-refractivity contribution >= 4 is 16.9 Å². The average Bonchev–Trinajstić information content (AvgIpc) is 2.47.